The molecule has 0 aromatic rings. The topological polar surface area (TPSA) is 77.8 Å². The molecule has 5 aliphatic carbocycles. The Balaban J connectivity index is 1.56. The highest BCUT2D eigenvalue weighted by atomic mass is 16.4. The van der Waals surface area contributed by atoms with Crippen LogP contribution in [0.1, 0.15) is 99.3 Å². The minimum absolute atomic E-state index is 0.0479. The maximum absolute atomic E-state index is 12.2. The summed E-state index contributed by atoms with van der Waals surface area (Å²) in [4.78, 5) is 12.2. The van der Waals surface area contributed by atoms with Gasteiger partial charge in [-0.25, -0.2) is 0 Å². The lowest BCUT2D eigenvalue weighted by Gasteiger charge is -2.70. The molecule has 4 heteroatoms. The molecule has 5 aliphatic rings. The molecule has 0 saturated heterocycles. The van der Waals surface area contributed by atoms with Crippen molar-refractivity contribution in [1.82, 2.24) is 0 Å². The maximum atomic E-state index is 12.2. The van der Waals surface area contributed by atoms with Crippen LogP contribution >= 0.6 is 0 Å². The van der Waals surface area contributed by atoms with Gasteiger partial charge in [0, 0.05) is 0 Å². The van der Waals surface area contributed by atoms with E-state index in [0.717, 1.165) is 32.1 Å². The maximum Gasteiger partial charge on any atom is 0.309 e. The number of hydrogen-bond acceptors (Lipinski definition) is 3. The highest BCUT2D eigenvalue weighted by Gasteiger charge is 2.67. The fourth-order valence-corrected chi connectivity index (χ4v) is 10.5. The molecule has 186 valence electrons. The van der Waals surface area contributed by atoms with Gasteiger partial charge in [-0.15, -0.1) is 0 Å². The van der Waals surface area contributed by atoms with E-state index in [4.69, 9.17) is 0 Å². The van der Waals surface area contributed by atoms with Gasteiger partial charge in [-0.3, -0.25) is 4.79 Å². The SMILES string of the molecule is CC1(C)[C@@H](O)CC[C@]2(C)[C@H]3CC=C4[C@@H]5C[C@@](C)(C(=O)O)C[C@H](O)[C@@H]5CC[C@@]4(C)[C@]3(C)CC[C@@H]12. The number of allylic oxidation sites excluding steroid dienone is 2. The van der Waals surface area contributed by atoms with Crippen molar-refractivity contribution < 1.29 is 20.1 Å². The second-order valence-corrected chi connectivity index (χ2v) is 14.3. The van der Waals surface area contributed by atoms with E-state index in [1.807, 2.05) is 6.92 Å². The van der Waals surface area contributed by atoms with Crippen LogP contribution in [-0.2, 0) is 4.79 Å². The summed E-state index contributed by atoms with van der Waals surface area (Å²) in [5.41, 5.74) is 1.04. The van der Waals surface area contributed by atoms with Crippen molar-refractivity contribution in [3.8, 4) is 0 Å². The Morgan fingerprint density at radius 1 is 0.909 bits per heavy atom. The summed E-state index contributed by atoms with van der Waals surface area (Å²) < 4.78 is 0. The molecule has 4 saturated carbocycles. The van der Waals surface area contributed by atoms with Gasteiger partial charge in [0.05, 0.1) is 17.6 Å². The molecule has 0 aromatic heterocycles. The van der Waals surface area contributed by atoms with Crippen molar-refractivity contribution >= 4 is 5.97 Å². The number of carboxylic acid groups (broad SMARTS) is 1. The molecule has 5 rings (SSSR count). The highest BCUT2D eigenvalue weighted by Crippen LogP contribution is 2.74. The minimum Gasteiger partial charge on any atom is -0.481 e. The van der Waals surface area contributed by atoms with E-state index in [1.54, 1.807) is 0 Å². The summed E-state index contributed by atoms with van der Waals surface area (Å²) in [5, 5.41) is 31.9. The van der Waals surface area contributed by atoms with Crippen molar-refractivity contribution in [1.29, 1.82) is 0 Å². The number of rotatable bonds is 1. The van der Waals surface area contributed by atoms with Crippen molar-refractivity contribution in [2.24, 2.45) is 50.7 Å². The quantitative estimate of drug-likeness (QED) is 0.433. The fraction of sp³-hybridized carbons (Fsp3) is 0.897. The third kappa shape index (κ3) is 2.92. The largest absolute Gasteiger partial charge is 0.481 e. The third-order valence-corrected chi connectivity index (χ3v) is 12.7. The highest BCUT2D eigenvalue weighted by molar-refractivity contribution is 5.74. The van der Waals surface area contributed by atoms with Gasteiger partial charge in [-0.05, 0) is 110 Å². The Labute approximate surface area is 200 Å². The zero-order valence-electron chi connectivity index (χ0n) is 21.7. The second-order valence-electron chi connectivity index (χ2n) is 14.3. The minimum atomic E-state index is -0.843. The van der Waals surface area contributed by atoms with E-state index in [1.165, 1.54) is 18.4 Å². The summed E-state index contributed by atoms with van der Waals surface area (Å²) in [5.74, 6) is 0.742. The molecule has 0 unspecified atom stereocenters. The van der Waals surface area contributed by atoms with Crippen LogP contribution in [0.15, 0.2) is 11.6 Å². The summed E-state index contributed by atoms with van der Waals surface area (Å²) in [6, 6.07) is 0. The third-order valence-electron chi connectivity index (χ3n) is 12.7. The molecule has 0 aromatic carbocycles. The fourth-order valence-electron chi connectivity index (χ4n) is 10.5. The van der Waals surface area contributed by atoms with E-state index in [2.05, 4.69) is 40.7 Å². The zero-order chi connectivity index (χ0) is 24.2. The Hall–Kier alpha value is -0.870. The van der Waals surface area contributed by atoms with Crippen LogP contribution in [0.5, 0.6) is 0 Å². The number of aliphatic hydroxyl groups is 2. The van der Waals surface area contributed by atoms with Gasteiger partial charge in [0.15, 0.2) is 0 Å². The van der Waals surface area contributed by atoms with Gasteiger partial charge >= 0.3 is 5.97 Å². The first kappa shape index (κ1) is 23.9. The molecule has 0 amide bonds. The van der Waals surface area contributed by atoms with Gasteiger partial charge in [0.1, 0.15) is 0 Å². The van der Waals surface area contributed by atoms with Crippen molar-refractivity contribution in [2.45, 2.75) is 112 Å². The predicted molar refractivity (Wildman–Crippen MR) is 129 cm³/mol. The Bertz CT molecular complexity index is 877. The molecule has 4 fully saturated rings. The smallest absolute Gasteiger partial charge is 0.309 e. The van der Waals surface area contributed by atoms with Crippen molar-refractivity contribution in [3.63, 3.8) is 0 Å². The molecular weight excluding hydrogens is 412 g/mol. The average Bonchev–Trinajstić information content (AvgIpc) is 2.71. The van der Waals surface area contributed by atoms with E-state index < -0.39 is 17.5 Å². The van der Waals surface area contributed by atoms with E-state index in [9.17, 15) is 20.1 Å². The van der Waals surface area contributed by atoms with Crippen LogP contribution in [0.25, 0.3) is 0 Å². The average molecular weight is 459 g/mol. The van der Waals surface area contributed by atoms with Crippen LogP contribution in [0.4, 0.5) is 0 Å². The molecule has 0 radical (unpaired) electrons. The molecule has 0 heterocycles. The number of fused-ring (bicyclic) bond motifs is 7. The molecule has 0 spiro atoms. The lowest BCUT2D eigenvalue weighted by Crippen LogP contribution is -2.64. The number of carboxylic acids is 1. The van der Waals surface area contributed by atoms with Crippen molar-refractivity contribution in [3.05, 3.63) is 11.6 Å². The predicted octanol–water partition coefficient (Wildman–Crippen LogP) is 5.81. The van der Waals surface area contributed by atoms with Crippen LogP contribution < -0.4 is 0 Å². The van der Waals surface area contributed by atoms with E-state index in [0.29, 0.717) is 24.7 Å². The van der Waals surface area contributed by atoms with Crippen LogP contribution in [-0.4, -0.2) is 33.5 Å². The Morgan fingerprint density at radius 3 is 2.27 bits per heavy atom. The Kier molecular flexibility index (Phi) is 5.13. The van der Waals surface area contributed by atoms with E-state index >= 15 is 0 Å². The summed E-state index contributed by atoms with van der Waals surface area (Å²) in [6.45, 7) is 14.0. The molecule has 3 N–H and O–H groups in total. The van der Waals surface area contributed by atoms with Crippen LogP contribution in [0.3, 0.4) is 0 Å². The van der Waals surface area contributed by atoms with Gasteiger partial charge in [-0.2, -0.15) is 0 Å². The number of aliphatic carboxylic acids is 1. The van der Waals surface area contributed by atoms with Crippen molar-refractivity contribution in [2.75, 3.05) is 0 Å². The number of hydrogen-bond donors (Lipinski definition) is 3. The first-order valence-electron chi connectivity index (χ1n) is 13.5. The van der Waals surface area contributed by atoms with Gasteiger partial charge in [-0.1, -0.05) is 46.3 Å². The number of aliphatic hydroxyl groups excluding tert-OH is 2. The first-order chi connectivity index (χ1) is 15.2. The Morgan fingerprint density at radius 2 is 1.61 bits per heavy atom. The standard InChI is InChI=1S/C29H46O4/c1-25(2)21-10-14-29(6)22(27(21,4)12-11-23(25)31)8-7-19-18-15-26(3,24(32)33)16-20(30)17(18)9-13-28(19,29)5/h7,17-18,20-23,30-31H,8-16H2,1-6H3,(H,32,33)/t17-,18-,20+,21+,22-,23+,26-,27+,28-,29-/m1/s1. The molecule has 0 aliphatic heterocycles. The molecule has 10 atom stereocenters. The van der Waals surface area contributed by atoms with Gasteiger partial charge in [0.2, 0.25) is 0 Å². The zero-order valence-corrected chi connectivity index (χ0v) is 21.7. The molecule has 0 bridgehead atoms. The molecule has 4 nitrogen and oxygen atoms in total. The van der Waals surface area contributed by atoms with Gasteiger partial charge in [0.25, 0.3) is 0 Å². The van der Waals surface area contributed by atoms with Gasteiger partial charge < -0.3 is 15.3 Å². The van der Waals surface area contributed by atoms with Crippen LogP contribution in [0, 0.1) is 50.7 Å². The summed E-state index contributed by atoms with van der Waals surface area (Å²) in [6.07, 6.45) is 10.3. The normalized spacial score (nSPS) is 55.3. The van der Waals surface area contributed by atoms with E-state index in [-0.39, 0.29) is 39.6 Å². The molecular formula is C29H46O4. The molecule has 33 heavy (non-hydrogen) atoms. The first-order valence-corrected chi connectivity index (χ1v) is 13.5. The summed E-state index contributed by atoms with van der Waals surface area (Å²) >= 11 is 0. The second kappa shape index (κ2) is 7.09. The summed E-state index contributed by atoms with van der Waals surface area (Å²) in [7, 11) is 0. The lowest BCUT2D eigenvalue weighted by atomic mass is 9.34. The number of carbonyl (C=O) groups is 1. The monoisotopic (exact) mass is 458 g/mol. The van der Waals surface area contributed by atoms with Crippen LogP contribution in [0.2, 0.25) is 0 Å². The lowest BCUT2D eigenvalue weighted by molar-refractivity contribution is -0.202.